The van der Waals surface area contributed by atoms with Crippen molar-refractivity contribution in [1.82, 2.24) is 10.6 Å². The van der Waals surface area contributed by atoms with Crippen LogP contribution >= 0.6 is 0 Å². The van der Waals surface area contributed by atoms with E-state index >= 15 is 0 Å². The molecule has 0 radical (unpaired) electrons. The fraction of sp³-hybridized carbons (Fsp3) is 0.857. The number of hydrogen-bond donors (Lipinski definition) is 2. The van der Waals surface area contributed by atoms with Gasteiger partial charge in [-0.1, -0.05) is 12.5 Å². The SMILES string of the molecule is C=CCC(C)NC1CCCC1C1COCCN1. The molecular weight excluding hydrogens is 212 g/mol. The number of rotatable bonds is 5. The molecule has 1 saturated carbocycles. The molecule has 4 atom stereocenters. The summed E-state index contributed by atoms with van der Waals surface area (Å²) >= 11 is 0. The van der Waals surface area contributed by atoms with E-state index in [1.807, 2.05) is 6.08 Å². The molecule has 4 unspecified atom stereocenters. The van der Waals surface area contributed by atoms with Crippen molar-refractivity contribution in [2.24, 2.45) is 5.92 Å². The van der Waals surface area contributed by atoms with E-state index in [0.29, 0.717) is 18.1 Å². The highest BCUT2D eigenvalue weighted by Gasteiger charge is 2.34. The van der Waals surface area contributed by atoms with Crippen LogP contribution in [0.25, 0.3) is 0 Å². The predicted molar refractivity (Wildman–Crippen MR) is 71.2 cm³/mol. The molecule has 2 rings (SSSR count). The lowest BCUT2D eigenvalue weighted by Gasteiger charge is -2.34. The second-order valence-electron chi connectivity index (χ2n) is 5.43. The second-order valence-corrected chi connectivity index (χ2v) is 5.43. The molecule has 2 N–H and O–H groups in total. The molecule has 0 aromatic heterocycles. The third-order valence-corrected chi connectivity index (χ3v) is 4.06. The quantitative estimate of drug-likeness (QED) is 0.715. The summed E-state index contributed by atoms with van der Waals surface area (Å²) in [7, 11) is 0. The molecule has 0 aromatic rings. The lowest BCUT2D eigenvalue weighted by Crippen LogP contribution is -2.52. The van der Waals surface area contributed by atoms with Crippen molar-refractivity contribution in [3.05, 3.63) is 12.7 Å². The van der Waals surface area contributed by atoms with Crippen molar-refractivity contribution < 1.29 is 4.74 Å². The molecule has 1 heterocycles. The standard InChI is InChI=1S/C14H26N2O/c1-3-5-11(2)16-13-7-4-6-12(13)14-10-17-9-8-15-14/h3,11-16H,1,4-10H2,2H3. The molecule has 0 spiro atoms. The largest absolute Gasteiger partial charge is 0.379 e. The Balaban J connectivity index is 1.85. The normalized spacial score (nSPS) is 35.7. The summed E-state index contributed by atoms with van der Waals surface area (Å²) in [6.07, 6.45) is 7.05. The van der Waals surface area contributed by atoms with Crippen LogP contribution in [0.5, 0.6) is 0 Å². The van der Waals surface area contributed by atoms with Gasteiger partial charge in [0, 0.05) is 24.7 Å². The highest BCUT2D eigenvalue weighted by atomic mass is 16.5. The van der Waals surface area contributed by atoms with Gasteiger partial charge in [0.1, 0.15) is 0 Å². The first-order valence-corrected chi connectivity index (χ1v) is 6.99. The minimum Gasteiger partial charge on any atom is -0.379 e. The zero-order valence-corrected chi connectivity index (χ0v) is 11.0. The van der Waals surface area contributed by atoms with Crippen molar-refractivity contribution in [3.63, 3.8) is 0 Å². The average molecular weight is 238 g/mol. The van der Waals surface area contributed by atoms with Crippen LogP contribution in [0.1, 0.15) is 32.6 Å². The van der Waals surface area contributed by atoms with Crippen LogP contribution < -0.4 is 10.6 Å². The van der Waals surface area contributed by atoms with Crippen molar-refractivity contribution >= 4 is 0 Å². The highest BCUT2D eigenvalue weighted by molar-refractivity contribution is 4.93. The molecule has 0 bridgehead atoms. The molecule has 3 nitrogen and oxygen atoms in total. The first kappa shape index (κ1) is 13.1. The summed E-state index contributed by atoms with van der Waals surface area (Å²) in [6, 6.07) is 1.76. The molecule has 2 aliphatic rings. The Morgan fingerprint density at radius 3 is 3.12 bits per heavy atom. The van der Waals surface area contributed by atoms with Gasteiger partial charge in [-0.05, 0) is 32.1 Å². The van der Waals surface area contributed by atoms with Gasteiger partial charge in [-0.15, -0.1) is 6.58 Å². The first-order chi connectivity index (χ1) is 8.31. The van der Waals surface area contributed by atoms with Crippen molar-refractivity contribution in [1.29, 1.82) is 0 Å². The Hall–Kier alpha value is -0.380. The maximum atomic E-state index is 5.59. The molecule has 1 saturated heterocycles. The minimum atomic E-state index is 0.544. The van der Waals surface area contributed by atoms with Gasteiger partial charge in [0.25, 0.3) is 0 Å². The molecule has 1 aliphatic heterocycles. The fourth-order valence-electron chi connectivity index (χ4n) is 3.22. The van der Waals surface area contributed by atoms with Gasteiger partial charge in [-0.2, -0.15) is 0 Å². The summed E-state index contributed by atoms with van der Waals surface area (Å²) in [6.45, 7) is 8.83. The van der Waals surface area contributed by atoms with Gasteiger partial charge in [-0.25, -0.2) is 0 Å². The third kappa shape index (κ3) is 3.54. The summed E-state index contributed by atoms with van der Waals surface area (Å²) in [5, 5.41) is 7.37. The van der Waals surface area contributed by atoms with Crippen molar-refractivity contribution in [2.45, 2.75) is 50.7 Å². The van der Waals surface area contributed by atoms with Gasteiger partial charge >= 0.3 is 0 Å². The summed E-state index contributed by atoms with van der Waals surface area (Å²) in [5.41, 5.74) is 0. The maximum Gasteiger partial charge on any atom is 0.0623 e. The lowest BCUT2D eigenvalue weighted by molar-refractivity contribution is 0.0518. The van der Waals surface area contributed by atoms with E-state index in [9.17, 15) is 0 Å². The Kier molecular flexibility index (Phi) is 5.01. The Morgan fingerprint density at radius 2 is 2.41 bits per heavy atom. The van der Waals surface area contributed by atoms with Crippen molar-refractivity contribution in [3.8, 4) is 0 Å². The van der Waals surface area contributed by atoms with E-state index in [2.05, 4.69) is 24.1 Å². The van der Waals surface area contributed by atoms with Crippen LogP contribution in [-0.2, 0) is 4.74 Å². The van der Waals surface area contributed by atoms with E-state index in [-0.39, 0.29) is 0 Å². The smallest absolute Gasteiger partial charge is 0.0623 e. The van der Waals surface area contributed by atoms with E-state index in [0.717, 1.165) is 32.1 Å². The summed E-state index contributed by atoms with van der Waals surface area (Å²) < 4.78 is 5.59. The molecule has 3 heteroatoms. The van der Waals surface area contributed by atoms with Gasteiger partial charge < -0.3 is 15.4 Å². The van der Waals surface area contributed by atoms with Crippen LogP contribution in [0.4, 0.5) is 0 Å². The molecule has 98 valence electrons. The molecule has 0 aromatic carbocycles. The Bertz CT molecular complexity index is 238. The van der Waals surface area contributed by atoms with Gasteiger partial charge in [0.2, 0.25) is 0 Å². The molecule has 1 aliphatic carbocycles. The topological polar surface area (TPSA) is 33.3 Å². The first-order valence-electron chi connectivity index (χ1n) is 6.99. The molecule has 2 fully saturated rings. The van der Waals surface area contributed by atoms with E-state index in [1.54, 1.807) is 0 Å². The Labute approximate surface area is 105 Å². The van der Waals surface area contributed by atoms with Gasteiger partial charge in [0.15, 0.2) is 0 Å². The van der Waals surface area contributed by atoms with Crippen LogP contribution in [0.15, 0.2) is 12.7 Å². The van der Waals surface area contributed by atoms with Crippen LogP contribution in [0.3, 0.4) is 0 Å². The number of ether oxygens (including phenoxy) is 1. The van der Waals surface area contributed by atoms with Crippen LogP contribution in [0.2, 0.25) is 0 Å². The van der Waals surface area contributed by atoms with Crippen LogP contribution in [-0.4, -0.2) is 37.9 Å². The number of hydrogen-bond acceptors (Lipinski definition) is 3. The molecular formula is C14H26N2O. The van der Waals surface area contributed by atoms with E-state index in [1.165, 1.54) is 19.3 Å². The lowest BCUT2D eigenvalue weighted by atomic mass is 9.93. The minimum absolute atomic E-state index is 0.544. The Morgan fingerprint density at radius 1 is 1.53 bits per heavy atom. The zero-order chi connectivity index (χ0) is 12.1. The van der Waals surface area contributed by atoms with E-state index in [4.69, 9.17) is 4.74 Å². The molecule has 0 amide bonds. The number of morpholine rings is 1. The number of nitrogens with one attached hydrogen (secondary N) is 2. The third-order valence-electron chi connectivity index (χ3n) is 4.06. The molecule has 17 heavy (non-hydrogen) atoms. The average Bonchev–Trinajstić information content (AvgIpc) is 2.78. The van der Waals surface area contributed by atoms with Gasteiger partial charge in [-0.3, -0.25) is 0 Å². The second kappa shape index (κ2) is 6.53. The maximum absolute atomic E-state index is 5.59. The predicted octanol–water partition coefficient (Wildman–Crippen LogP) is 1.70. The van der Waals surface area contributed by atoms with Crippen molar-refractivity contribution in [2.75, 3.05) is 19.8 Å². The summed E-state index contributed by atoms with van der Waals surface area (Å²) in [5.74, 6) is 0.738. The monoisotopic (exact) mass is 238 g/mol. The van der Waals surface area contributed by atoms with E-state index < -0.39 is 0 Å². The van der Waals surface area contributed by atoms with Gasteiger partial charge in [0.05, 0.1) is 13.2 Å². The highest BCUT2D eigenvalue weighted by Crippen LogP contribution is 2.29. The summed E-state index contributed by atoms with van der Waals surface area (Å²) in [4.78, 5) is 0. The fourth-order valence-corrected chi connectivity index (χ4v) is 3.22. The van der Waals surface area contributed by atoms with Crippen LogP contribution in [0, 0.1) is 5.92 Å². The zero-order valence-electron chi connectivity index (χ0n) is 11.0.